The Hall–Kier alpha value is -2.27. The topological polar surface area (TPSA) is 109 Å². The first-order chi connectivity index (χ1) is 20.0. The first kappa shape index (κ1) is 32.6. The summed E-state index contributed by atoms with van der Waals surface area (Å²) >= 11 is 0. The maximum Gasteiger partial charge on any atom is 0.312 e. The standard InChI is InChI=1S/C32H51N3O7/c1-7-9-10-16-41-30(39)26-25-28(37)35(24(21-36)19-22(3)4)27(32(25)20-23(5)31(26,6)42-32)29(38)34(11-8-2)13-12-33-14-17-40-18-15-33/h7-8,22-27,36H,1-2,9-21H2,3-6H3/t23?,24-,25+,26+,27?,31-,32?/m1/s1. The number of hydrogen-bond acceptors (Lipinski definition) is 8. The van der Waals surface area contributed by atoms with Crippen LogP contribution in [0.5, 0.6) is 0 Å². The number of morpholine rings is 1. The lowest BCUT2D eigenvalue weighted by Gasteiger charge is -2.40. The van der Waals surface area contributed by atoms with Crippen LogP contribution >= 0.6 is 0 Å². The summed E-state index contributed by atoms with van der Waals surface area (Å²) in [5, 5.41) is 10.5. The Kier molecular flexibility index (Phi) is 10.5. The first-order valence-corrected chi connectivity index (χ1v) is 15.7. The third kappa shape index (κ3) is 5.92. The zero-order valence-corrected chi connectivity index (χ0v) is 26.0. The fourth-order valence-corrected chi connectivity index (χ4v) is 7.73. The Morgan fingerprint density at radius 2 is 1.95 bits per heavy atom. The van der Waals surface area contributed by atoms with Gasteiger partial charge in [0.15, 0.2) is 0 Å². The van der Waals surface area contributed by atoms with Gasteiger partial charge in [-0.25, -0.2) is 0 Å². The van der Waals surface area contributed by atoms with Gasteiger partial charge in [0.05, 0.1) is 44.0 Å². The van der Waals surface area contributed by atoms with E-state index in [0.717, 1.165) is 19.5 Å². The van der Waals surface area contributed by atoms with Crippen LogP contribution < -0.4 is 0 Å². The number of hydrogen-bond donors (Lipinski definition) is 1. The molecule has 4 heterocycles. The summed E-state index contributed by atoms with van der Waals surface area (Å²) < 4.78 is 18.0. The second-order valence-corrected chi connectivity index (χ2v) is 13.0. The number of unbranched alkanes of at least 4 members (excludes halogenated alkanes) is 1. The van der Waals surface area contributed by atoms with Crippen LogP contribution in [0.3, 0.4) is 0 Å². The molecule has 0 aromatic rings. The number of aliphatic hydroxyl groups is 1. The quantitative estimate of drug-likeness (QED) is 0.176. The summed E-state index contributed by atoms with van der Waals surface area (Å²) in [6.45, 7) is 19.9. The summed E-state index contributed by atoms with van der Waals surface area (Å²) in [6, 6.07) is -1.54. The van der Waals surface area contributed by atoms with Gasteiger partial charge in [0, 0.05) is 32.7 Å². The number of rotatable bonds is 15. The lowest BCUT2D eigenvalue weighted by molar-refractivity contribution is -0.164. The van der Waals surface area contributed by atoms with Crippen molar-refractivity contribution in [2.75, 3.05) is 59.2 Å². The van der Waals surface area contributed by atoms with Crippen LogP contribution in [0.15, 0.2) is 25.3 Å². The zero-order chi connectivity index (χ0) is 30.7. The maximum absolute atomic E-state index is 14.7. The second kappa shape index (κ2) is 13.6. The van der Waals surface area contributed by atoms with Gasteiger partial charge in [-0.2, -0.15) is 0 Å². The average molecular weight is 590 g/mol. The molecule has 10 nitrogen and oxygen atoms in total. The van der Waals surface area contributed by atoms with E-state index in [9.17, 15) is 19.5 Å². The predicted molar refractivity (Wildman–Crippen MR) is 158 cm³/mol. The third-order valence-corrected chi connectivity index (χ3v) is 9.84. The molecule has 2 amide bonds. The van der Waals surface area contributed by atoms with Crippen molar-refractivity contribution in [3.8, 4) is 0 Å². The molecular weight excluding hydrogens is 538 g/mol. The molecule has 3 unspecified atom stereocenters. The van der Waals surface area contributed by atoms with Gasteiger partial charge in [0.2, 0.25) is 11.8 Å². The Morgan fingerprint density at radius 3 is 2.57 bits per heavy atom. The predicted octanol–water partition coefficient (Wildman–Crippen LogP) is 2.26. The molecule has 0 radical (unpaired) electrons. The van der Waals surface area contributed by atoms with Gasteiger partial charge < -0.3 is 29.1 Å². The molecule has 0 aromatic heterocycles. The van der Waals surface area contributed by atoms with Crippen LogP contribution in [-0.2, 0) is 28.6 Å². The minimum Gasteiger partial charge on any atom is -0.465 e. The van der Waals surface area contributed by atoms with Gasteiger partial charge in [0.1, 0.15) is 17.6 Å². The second-order valence-electron chi connectivity index (χ2n) is 13.0. The van der Waals surface area contributed by atoms with Gasteiger partial charge in [-0.15, -0.1) is 13.2 Å². The number of carbonyl (C=O) groups excluding carboxylic acids is 3. The number of likely N-dealkylation sites (tertiary alicyclic amines) is 1. The monoisotopic (exact) mass is 589 g/mol. The van der Waals surface area contributed by atoms with E-state index in [1.807, 2.05) is 27.7 Å². The highest BCUT2D eigenvalue weighted by atomic mass is 16.6. The van der Waals surface area contributed by atoms with E-state index in [1.54, 1.807) is 22.0 Å². The number of allylic oxidation sites excluding steroid dienone is 1. The molecule has 0 aliphatic carbocycles. The molecular formula is C32H51N3O7. The Morgan fingerprint density at radius 1 is 1.24 bits per heavy atom. The smallest absolute Gasteiger partial charge is 0.312 e. The van der Waals surface area contributed by atoms with E-state index in [0.29, 0.717) is 52.1 Å². The molecule has 4 rings (SSSR count). The normalized spacial score (nSPS) is 33.1. The Bertz CT molecular complexity index is 1010. The summed E-state index contributed by atoms with van der Waals surface area (Å²) in [4.78, 5) is 48.4. The third-order valence-electron chi connectivity index (χ3n) is 9.84. The Balaban J connectivity index is 1.71. The number of nitrogens with zero attached hydrogens (tertiary/aromatic N) is 3. The van der Waals surface area contributed by atoms with E-state index in [-0.39, 0.29) is 36.9 Å². The maximum atomic E-state index is 14.7. The lowest BCUT2D eigenvalue weighted by atomic mass is 9.62. The summed E-state index contributed by atoms with van der Waals surface area (Å²) in [5.41, 5.74) is -2.12. The highest BCUT2D eigenvalue weighted by Crippen LogP contribution is 2.65. The highest BCUT2D eigenvalue weighted by Gasteiger charge is 2.80. The molecule has 4 aliphatic heterocycles. The largest absolute Gasteiger partial charge is 0.465 e. The fourth-order valence-electron chi connectivity index (χ4n) is 7.73. The number of ether oxygens (including phenoxy) is 3. The SMILES string of the molecule is C=CCCCOC(=O)[C@@H]1[C@H]2C(=O)N([C@@H](CO)CC(C)C)C(C(=O)N(CC=C)CCN3CCOCC3)C23CC(C)[C@@]1(C)O3. The van der Waals surface area contributed by atoms with Crippen molar-refractivity contribution in [2.45, 2.75) is 76.7 Å². The van der Waals surface area contributed by atoms with Crippen LogP contribution in [0.2, 0.25) is 0 Å². The number of fused-ring (bicyclic) bond motifs is 1. The van der Waals surface area contributed by atoms with Crippen LogP contribution in [-0.4, -0.2) is 120 Å². The molecule has 4 saturated heterocycles. The first-order valence-electron chi connectivity index (χ1n) is 15.7. The van der Waals surface area contributed by atoms with Crippen molar-refractivity contribution in [2.24, 2.45) is 23.7 Å². The van der Waals surface area contributed by atoms with E-state index >= 15 is 0 Å². The summed E-state index contributed by atoms with van der Waals surface area (Å²) in [6.07, 6.45) is 5.83. The molecule has 4 fully saturated rings. The van der Waals surface area contributed by atoms with Gasteiger partial charge in [-0.3, -0.25) is 19.3 Å². The number of esters is 1. The molecule has 1 spiro atoms. The summed E-state index contributed by atoms with van der Waals surface area (Å²) in [7, 11) is 0. The van der Waals surface area contributed by atoms with E-state index in [4.69, 9.17) is 14.2 Å². The van der Waals surface area contributed by atoms with E-state index in [2.05, 4.69) is 18.1 Å². The van der Waals surface area contributed by atoms with Crippen molar-refractivity contribution in [3.05, 3.63) is 25.3 Å². The van der Waals surface area contributed by atoms with Gasteiger partial charge in [0.25, 0.3) is 0 Å². The molecule has 2 bridgehead atoms. The van der Waals surface area contributed by atoms with Crippen LogP contribution in [0.25, 0.3) is 0 Å². The number of amides is 2. The van der Waals surface area contributed by atoms with E-state index in [1.165, 1.54) is 0 Å². The molecule has 236 valence electrons. The molecule has 0 saturated carbocycles. The number of aliphatic hydroxyl groups excluding tert-OH is 1. The molecule has 42 heavy (non-hydrogen) atoms. The molecule has 10 heteroatoms. The van der Waals surface area contributed by atoms with Crippen LogP contribution in [0, 0.1) is 23.7 Å². The van der Waals surface area contributed by atoms with E-state index < -0.39 is 41.1 Å². The van der Waals surface area contributed by atoms with Crippen LogP contribution in [0.1, 0.15) is 53.4 Å². The lowest BCUT2D eigenvalue weighted by Crippen LogP contribution is -2.59. The molecule has 0 aromatic carbocycles. The van der Waals surface area contributed by atoms with Crippen molar-refractivity contribution in [1.82, 2.24) is 14.7 Å². The Labute approximate surface area is 251 Å². The fraction of sp³-hybridized carbons (Fsp3) is 0.781. The molecule has 7 atom stereocenters. The summed E-state index contributed by atoms with van der Waals surface area (Å²) in [5.74, 6) is -2.58. The minimum atomic E-state index is -1.18. The van der Waals surface area contributed by atoms with Crippen molar-refractivity contribution in [3.63, 3.8) is 0 Å². The van der Waals surface area contributed by atoms with Crippen molar-refractivity contribution < 1.29 is 33.7 Å². The van der Waals surface area contributed by atoms with Gasteiger partial charge >= 0.3 is 5.97 Å². The van der Waals surface area contributed by atoms with Crippen molar-refractivity contribution in [1.29, 1.82) is 0 Å². The average Bonchev–Trinajstić information content (AvgIpc) is 3.48. The van der Waals surface area contributed by atoms with Gasteiger partial charge in [-0.1, -0.05) is 32.9 Å². The molecule has 4 aliphatic rings. The van der Waals surface area contributed by atoms with Crippen LogP contribution in [0.4, 0.5) is 0 Å². The minimum absolute atomic E-state index is 0.0820. The number of carbonyl (C=O) groups is 3. The van der Waals surface area contributed by atoms with Crippen molar-refractivity contribution >= 4 is 17.8 Å². The highest BCUT2D eigenvalue weighted by molar-refractivity contribution is 5.98. The van der Waals surface area contributed by atoms with Gasteiger partial charge in [-0.05, 0) is 44.4 Å². The zero-order valence-electron chi connectivity index (χ0n) is 26.0. The molecule has 1 N–H and O–H groups in total.